The standard InChI is InChI=1S/C25H34N4O4S/c1-26(2)34(31,32)22-11-12-24(28-13-4-5-14-28)23(19-22)25(30)29-16-6-15-27(17-18-29)20-7-9-21(33-3)10-8-20/h7-12,19H,4-6,13-18H2,1-3H3. The van der Waals surface area contributed by atoms with E-state index in [9.17, 15) is 13.2 Å². The van der Waals surface area contributed by atoms with Gasteiger partial charge in [-0.05, 0) is 61.7 Å². The smallest absolute Gasteiger partial charge is 0.256 e. The number of benzene rings is 2. The first-order valence-electron chi connectivity index (χ1n) is 11.8. The number of amides is 1. The fourth-order valence-electron chi connectivity index (χ4n) is 4.63. The lowest BCUT2D eigenvalue weighted by atomic mass is 10.1. The molecule has 2 heterocycles. The van der Waals surface area contributed by atoms with Gasteiger partial charge in [-0.2, -0.15) is 0 Å². The highest BCUT2D eigenvalue weighted by atomic mass is 32.2. The Morgan fingerprint density at radius 2 is 1.53 bits per heavy atom. The third kappa shape index (κ3) is 5.00. The molecular weight excluding hydrogens is 452 g/mol. The highest BCUT2D eigenvalue weighted by molar-refractivity contribution is 7.89. The van der Waals surface area contributed by atoms with Gasteiger partial charge in [0.1, 0.15) is 5.75 Å². The summed E-state index contributed by atoms with van der Waals surface area (Å²) in [6.45, 7) is 4.54. The maximum atomic E-state index is 13.8. The molecule has 2 aliphatic rings. The number of carbonyl (C=O) groups excluding carboxylic acids is 1. The lowest BCUT2D eigenvalue weighted by Crippen LogP contribution is -2.36. The number of sulfonamides is 1. The molecule has 2 fully saturated rings. The van der Waals surface area contributed by atoms with Crippen LogP contribution in [-0.2, 0) is 10.0 Å². The SMILES string of the molecule is COc1ccc(N2CCCN(C(=O)c3cc(S(=O)(=O)N(C)C)ccc3N3CCCC3)CC2)cc1. The van der Waals surface area contributed by atoms with Crippen LogP contribution in [0.1, 0.15) is 29.6 Å². The lowest BCUT2D eigenvalue weighted by Gasteiger charge is -2.27. The molecule has 0 atom stereocenters. The van der Waals surface area contributed by atoms with Crippen LogP contribution in [0.5, 0.6) is 5.75 Å². The van der Waals surface area contributed by atoms with Crippen LogP contribution in [0, 0.1) is 0 Å². The highest BCUT2D eigenvalue weighted by Crippen LogP contribution is 2.30. The summed E-state index contributed by atoms with van der Waals surface area (Å²) in [5.74, 6) is 0.715. The summed E-state index contributed by atoms with van der Waals surface area (Å²) < 4.78 is 32.0. The largest absolute Gasteiger partial charge is 0.497 e. The number of ether oxygens (including phenoxy) is 1. The number of hydrogen-bond acceptors (Lipinski definition) is 6. The quantitative estimate of drug-likeness (QED) is 0.625. The highest BCUT2D eigenvalue weighted by Gasteiger charge is 2.28. The number of rotatable bonds is 6. The third-order valence-corrected chi connectivity index (χ3v) is 8.46. The van der Waals surface area contributed by atoms with Gasteiger partial charge in [0.05, 0.1) is 17.6 Å². The average molecular weight is 487 g/mol. The molecule has 2 aromatic carbocycles. The minimum absolute atomic E-state index is 0.103. The summed E-state index contributed by atoms with van der Waals surface area (Å²) >= 11 is 0. The molecule has 2 aliphatic heterocycles. The number of carbonyl (C=O) groups is 1. The van der Waals surface area contributed by atoms with E-state index in [1.54, 1.807) is 25.3 Å². The first-order chi connectivity index (χ1) is 16.3. The van der Waals surface area contributed by atoms with Crippen molar-refractivity contribution in [2.24, 2.45) is 0 Å². The van der Waals surface area contributed by atoms with E-state index in [1.807, 2.05) is 29.2 Å². The van der Waals surface area contributed by atoms with Crippen molar-refractivity contribution in [2.75, 3.05) is 70.3 Å². The van der Waals surface area contributed by atoms with Crippen molar-refractivity contribution in [3.8, 4) is 5.75 Å². The Bertz CT molecular complexity index is 1110. The Balaban J connectivity index is 1.59. The molecule has 0 saturated carbocycles. The zero-order chi connectivity index (χ0) is 24.3. The average Bonchev–Trinajstić information content (AvgIpc) is 3.27. The molecule has 184 valence electrons. The first-order valence-corrected chi connectivity index (χ1v) is 13.2. The van der Waals surface area contributed by atoms with Crippen molar-refractivity contribution in [2.45, 2.75) is 24.2 Å². The molecular formula is C25H34N4O4S. The van der Waals surface area contributed by atoms with Gasteiger partial charge < -0.3 is 19.4 Å². The molecule has 4 rings (SSSR count). The second kappa shape index (κ2) is 10.2. The Morgan fingerprint density at radius 1 is 0.853 bits per heavy atom. The maximum absolute atomic E-state index is 13.8. The number of anilines is 2. The van der Waals surface area contributed by atoms with E-state index in [2.05, 4.69) is 9.80 Å². The topological polar surface area (TPSA) is 73.4 Å². The van der Waals surface area contributed by atoms with E-state index in [0.717, 1.165) is 56.0 Å². The van der Waals surface area contributed by atoms with E-state index < -0.39 is 10.0 Å². The van der Waals surface area contributed by atoms with Gasteiger partial charge in [-0.1, -0.05) is 0 Å². The van der Waals surface area contributed by atoms with Crippen molar-refractivity contribution in [3.63, 3.8) is 0 Å². The number of hydrogen-bond donors (Lipinski definition) is 0. The van der Waals surface area contributed by atoms with Crippen LogP contribution in [0.3, 0.4) is 0 Å². The summed E-state index contributed by atoms with van der Waals surface area (Å²) in [6.07, 6.45) is 2.99. The number of methoxy groups -OCH3 is 1. The van der Waals surface area contributed by atoms with Crippen molar-refractivity contribution in [1.82, 2.24) is 9.21 Å². The molecule has 1 amide bonds. The third-order valence-electron chi connectivity index (χ3n) is 6.64. The molecule has 0 N–H and O–H groups in total. The van der Waals surface area contributed by atoms with Crippen LogP contribution in [-0.4, -0.2) is 84.0 Å². The second-order valence-corrected chi connectivity index (χ2v) is 11.1. The summed E-state index contributed by atoms with van der Waals surface area (Å²) in [6, 6.07) is 13.0. The van der Waals surface area contributed by atoms with Crippen LogP contribution in [0.4, 0.5) is 11.4 Å². The molecule has 0 spiro atoms. The van der Waals surface area contributed by atoms with Crippen LogP contribution < -0.4 is 14.5 Å². The molecule has 0 radical (unpaired) electrons. The van der Waals surface area contributed by atoms with Crippen LogP contribution >= 0.6 is 0 Å². The van der Waals surface area contributed by atoms with E-state index >= 15 is 0 Å². The predicted molar refractivity (Wildman–Crippen MR) is 134 cm³/mol. The normalized spacial score (nSPS) is 17.2. The summed E-state index contributed by atoms with van der Waals surface area (Å²) in [7, 11) is 1.03. The fraction of sp³-hybridized carbons (Fsp3) is 0.480. The Morgan fingerprint density at radius 3 is 2.18 bits per heavy atom. The van der Waals surface area contributed by atoms with E-state index in [0.29, 0.717) is 25.2 Å². The summed E-state index contributed by atoms with van der Waals surface area (Å²) in [5, 5.41) is 0. The van der Waals surface area contributed by atoms with E-state index in [4.69, 9.17) is 4.74 Å². The molecule has 0 aliphatic carbocycles. The lowest BCUT2D eigenvalue weighted by molar-refractivity contribution is 0.0767. The van der Waals surface area contributed by atoms with Crippen molar-refractivity contribution in [1.29, 1.82) is 0 Å². The fourth-order valence-corrected chi connectivity index (χ4v) is 5.56. The summed E-state index contributed by atoms with van der Waals surface area (Å²) in [4.78, 5) is 20.3. The van der Waals surface area contributed by atoms with E-state index in [1.165, 1.54) is 18.4 Å². The monoisotopic (exact) mass is 486 g/mol. The zero-order valence-electron chi connectivity index (χ0n) is 20.2. The predicted octanol–water partition coefficient (Wildman–Crippen LogP) is 2.90. The van der Waals surface area contributed by atoms with Gasteiger partial charge in [0.2, 0.25) is 10.0 Å². The van der Waals surface area contributed by atoms with Gasteiger partial charge in [-0.25, -0.2) is 12.7 Å². The second-order valence-electron chi connectivity index (χ2n) is 8.99. The van der Waals surface area contributed by atoms with Gasteiger partial charge >= 0.3 is 0 Å². The van der Waals surface area contributed by atoms with Gasteiger partial charge in [0.15, 0.2) is 0 Å². The van der Waals surface area contributed by atoms with Crippen LogP contribution in [0.2, 0.25) is 0 Å². The van der Waals surface area contributed by atoms with Gasteiger partial charge in [-0.3, -0.25) is 4.79 Å². The van der Waals surface area contributed by atoms with Crippen molar-refractivity contribution in [3.05, 3.63) is 48.0 Å². The molecule has 0 bridgehead atoms. The minimum Gasteiger partial charge on any atom is -0.497 e. The molecule has 8 nitrogen and oxygen atoms in total. The van der Waals surface area contributed by atoms with Crippen LogP contribution in [0.25, 0.3) is 0 Å². The first kappa shape index (κ1) is 24.3. The van der Waals surface area contributed by atoms with E-state index in [-0.39, 0.29) is 10.8 Å². The van der Waals surface area contributed by atoms with Crippen molar-refractivity contribution < 1.29 is 17.9 Å². The Hall–Kier alpha value is -2.78. The number of nitrogens with zero attached hydrogens (tertiary/aromatic N) is 4. The van der Waals surface area contributed by atoms with Gasteiger partial charge in [0.25, 0.3) is 5.91 Å². The zero-order valence-corrected chi connectivity index (χ0v) is 21.1. The molecule has 0 unspecified atom stereocenters. The van der Waals surface area contributed by atoms with Gasteiger partial charge in [0, 0.05) is 64.7 Å². The molecule has 2 saturated heterocycles. The molecule has 9 heteroatoms. The summed E-state index contributed by atoms with van der Waals surface area (Å²) in [5.41, 5.74) is 2.41. The Labute approximate surface area is 202 Å². The minimum atomic E-state index is -3.64. The molecule has 0 aromatic heterocycles. The van der Waals surface area contributed by atoms with Crippen molar-refractivity contribution >= 4 is 27.3 Å². The Kier molecular flexibility index (Phi) is 7.33. The van der Waals surface area contributed by atoms with Crippen LogP contribution in [0.15, 0.2) is 47.4 Å². The molecule has 34 heavy (non-hydrogen) atoms. The van der Waals surface area contributed by atoms with Gasteiger partial charge in [-0.15, -0.1) is 0 Å². The molecule has 2 aromatic rings. The maximum Gasteiger partial charge on any atom is 0.256 e.